The van der Waals surface area contributed by atoms with Crippen molar-refractivity contribution in [2.75, 3.05) is 6.54 Å². The summed E-state index contributed by atoms with van der Waals surface area (Å²) in [5.74, 6) is -0.128. The summed E-state index contributed by atoms with van der Waals surface area (Å²) in [5.41, 5.74) is 1.55. The van der Waals surface area contributed by atoms with Gasteiger partial charge in [0.05, 0.1) is 0 Å². The third-order valence-electron chi connectivity index (χ3n) is 2.27. The molecule has 0 atom stereocenters. The number of rotatable bonds is 4. The number of halogens is 1. The summed E-state index contributed by atoms with van der Waals surface area (Å²) in [4.78, 5) is 18.5. The van der Waals surface area contributed by atoms with Crippen molar-refractivity contribution in [2.45, 2.75) is 0 Å². The number of nitrogens with zero attached hydrogens (tertiary/aromatic N) is 1. The molecule has 0 aromatic carbocycles. The molecule has 0 spiro atoms. The molecule has 0 aliphatic heterocycles. The van der Waals surface area contributed by atoms with Crippen molar-refractivity contribution in [2.24, 2.45) is 0 Å². The highest BCUT2D eigenvalue weighted by Crippen LogP contribution is 2.10. The quantitative estimate of drug-likeness (QED) is 0.912. The minimum atomic E-state index is -0.128. The Hall–Kier alpha value is -1.88. The van der Waals surface area contributed by atoms with Crippen LogP contribution >= 0.6 is 15.9 Å². The minimum absolute atomic E-state index is 0.128. The standard InChI is InChI=1S/C13H12BrN3O/c14-11-7-12(17-9-11)13(18)16-6-2-4-10-3-1-5-15-8-10/h1-5,7-9,17H,6H2,(H,16,18)/b4-2+. The molecule has 2 aromatic heterocycles. The molecule has 0 fully saturated rings. The molecule has 0 aliphatic carbocycles. The molecule has 1 amide bonds. The lowest BCUT2D eigenvalue weighted by Gasteiger charge is -1.99. The molecule has 0 aliphatic rings. The van der Waals surface area contributed by atoms with Crippen LogP contribution < -0.4 is 5.32 Å². The number of H-pyrrole nitrogens is 1. The van der Waals surface area contributed by atoms with E-state index in [9.17, 15) is 4.79 Å². The minimum Gasteiger partial charge on any atom is -0.356 e. The number of aromatic nitrogens is 2. The number of carbonyl (C=O) groups excluding carboxylic acids is 1. The fourth-order valence-electron chi connectivity index (χ4n) is 1.42. The maximum atomic E-state index is 11.7. The number of aromatic amines is 1. The average molecular weight is 306 g/mol. The van der Waals surface area contributed by atoms with Crippen LogP contribution in [0.5, 0.6) is 0 Å². The normalized spacial score (nSPS) is 10.7. The number of pyridine rings is 1. The van der Waals surface area contributed by atoms with E-state index in [0.29, 0.717) is 12.2 Å². The first-order chi connectivity index (χ1) is 8.75. The summed E-state index contributed by atoms with van der Waals surface area (Å²) in [5, 5.41) is 2.78. The van der Waals surface area contributed by atoms with E-state index in [1.54, 1.807) is 24.7 Å². The van der Waals surface area contributed by atoms with Gasteiger partial charge >= 0.3 is 0 Å². The molecule has 4 nitrogen and oxygen atoms in total. The van der Waals surface area contributed by atoms with Crippen LogP contribution in [0.15, 0.2) is 47.3 Å². The topological polar surface area (TPSA) is 57.8 Å². The first kappa shape index (κ1) is 12.6. The zero-order valence-corrected chi connectivity index (χ0v) is 11.1. The van der Waals surface area contributed by atoms with E-state index in [2.05, 4.69) is 31.2 Å². The summed E-state index contributed by atoms with van der Waals surface area (Å²) in [6.45, 7) is 0.477. The Kier molecular flexibility index (Phi) is 4.30. The molecule has 0 saturated heterocycles. The molecule has 5 heteroatoms. The lowest BCUT2D eigenvalue weighted by molar-refractivity contribution is 0.0953. The lowest BCUT2D eigenvalue weighted by Crippen LogP contribution is -2.23. The molecule has 0 radical (unpaired) electrons. The number of nitrogens with one attached hydrogen (secondary N) is 2. The number of hydrogen-bond acceptors (Lipinski definition) is 2. The first-order valence-corrected chi connectivity index (χ1v) is 6.24. The molecule has 0 bridgehead atoms. The molecule has 18 heavy (non-hydrogen) atoms. The Morgan fingerprint density at radius 2 is 2.44 bits per heavy atom. The van der Waals surface area contributed by atoms with E-state index in [-0.39, 0.29) is 5.91 Å². The third-order valence-corrected chi connectivity index (χ3v) is 2.73. The third kappa shape index (κ3) is 3.56. The van der Waals surface area contributed by atoms with Crippen molar-refractivity contribution >= 4 is 27.9 Å². The fraction of sp³-hybridized carbons (Fsp3) is 0.0769. The molecule has 2 aromatic rings. The van der Waals surface area contributed by atoms with Gasteiger partial charge in [0.15, 0.2) is 0 Å². The van der Waals surface area contributed by atoms with Gasteiger partial charge in [0.1, 0.15) is 5.69 Å². The second-order valence-corrected chi connectivity index (χ2v) is 4.55. The predicted molar refractivity (Wildman–Crippen MR) is 74.1 cm³/mol. The summed E-state index contributed by atoms with van der Waals surface area (Å²) < 4.78 is 0.860. The van der Waals surface area contributed by atoms with Gasteiger partial charge in [-0.2, -0.15) is 0 Å². The van der Waals surface area contributed by atoms with Gasteiger partial charge < -0.3 is 10.3 Å². The molecular formula is C13H12BrN3O. The second kappa shape index (κ2) is 6.16. The van der Waals surface area contributed by atoms with Gasteiger partial charge in [0, 0.05) is 29.6 Å². The molecule has 2 rings (SSSR count). The number of carbonyl (C=O) groups is 1. The molecule has 0 saturated carbocycles. The monoisotopic (exact) mass is 305 g/mol. The highest BCUT2D eigenvalue weighted by Gasteiger charge is 2.05. The Bertz CT molecular complexity index is 548. The SMILES string of the molecule is O=C(NC/C=C/c1cccnc1)c1cc(Br)c[nH]1. The van der Waals surface area contributed by atoms with Crippen LogP contribution in [0.3, 0.4) is 0 Å². The Morgan fingerprint density at radius 1 is 1.56 bits per heavy atom. The van der Waals surface area contributed by atoms with Crippen LogP contribution in [0.25, 0.3) is 6.08 Å². The van der Waals surface area contributed by atoms with Gasteiger partial charge in [-0.05, 0) is 33.6 Å². The van der Waals surface area contributed by atoms with E-state index >= 15 is 0 Å². The zero-order valence-electron chi connectivity index (χ0n) is 9.56. The Balaban J connectivity index is 1.82. The van der Waals surface area contributed by atoms with Crippen molar-refractivity contribution in [3.63, 3.8) is 0 Å². The second-order valence-electron chi connectivity index (χ2n) is 3.63. The van der Waals surface area contributed by atoms with Crippen molar-refractivity contribution in [3.05, 3.63) is 58.6 Å². The van der Waals surface area contributed by atoms with Crippen molar-refractivity contribution in [1.82, 2.24) is 15.3 Å². The maximum absolute atomic E-state index is 11.7. The van der Waals surface area contributed by atoms with E-state index in [1.807, 2.05) is 24.3 Å². The largest absolute Gasteiger partial charge is 0.356 e. The van der Waals surface area contributed by atoms with Gasteiger partial charge in [-0.25, -0.2) is 0 Å². The van der Waals surface area contributed by atoms with Crippen LogP contribution in [0, 0.1) is 0 Å². The number of amides is 1. The highest BCUT2D eigenvalue weighted by molar-refractivity contribution is 9.10. The van der Waals surface area contributed by atoms with E-state index < -0.39 is 0 Å². The summed E-state index contributed by atoms with van der Waals surface area (Å²) in [6, 6.07) is 5.56. The molecule has 2 N–H and O–H groups in total. The predicted octanol–water partition coefficient (Wildman–Crippen LogP) is 2.62. The summed E-state index contributed by atoms with van der Waals surface area (Å²) in [7, 11) is 0. The van der Waals surface area contributed by atoms with Crippen LogP contribution in [0.4, 0.5) is 0 Å². The maximum Gasteiger partial charge on any atom is 0.267 e. The Labute approximate surface area is 113 Å². The summed E-state index contributed by atoms with van der Waals surface area (Å²) in [6.07, 6.45) is 9.01. The molecule has 92 valence electrons. The fourth-order valence-corrected chi connectivity index (χ4v) is 1.76. The Morgan fingerprint density at radius 3 is 3.11 bits per heavy atom. The van der Waals surface area contributed by atoms with Gasteiger partial charge in [-0.3, -0.25) is 9.78 Å². The first-order valence-electron chi connectivity index (χ1n) is 5.44. The van der Waals surface area contributed by atoms with Crippen molar-refractivity contribution in [1.29, 1.82) is 0 Å². The highest BCUT2D eigenvalue weighted by atomic mass is 79.9. The van der Waals surface area contributed by atoms with E-state index in [0.717, 1.165) is 10.0 Å². The van der Waals surface area contributed by atoms with Crippen LogP contribution in [0.2, 0.25) is 0 Å². The van der Waals surface area contributed by atoms with Crippen molar-refractivity contribution < 1.29 is 4.79 Å². The van der Waals surface area contributed by atoms with Crippen molar-refractivity contribution in [3.8, 4) is 0 Å². The van der Waals surface area contributed by atoms with Gasteiger partial charge in [-0.15, -0.1) is 0 Å². The van der Waals surface area contributed by atoms with E-state index in [4.69, 9.17) is 0 Å². The lowest BCUT2D eigenvalue weighted by atomic mass is 10.2. The van der Waals surface area contributed by atoms with Gasteiger partial charge in [-0.1, -0.05) is 18.2 Å². The molecule has 0 unspecified atom stereocenters. The van der Waals surface area contributed by atoms with E-state index in [1.165, 1.54) is 0 Å². The van der Waals surface area contributed by atoms with Gasteiger partial charge in [0.2, 0.25) is 0 Å². The zero-order chi connectivity index (χ0) is 12.8. The summed E-state index contributed by atoms with van der Waals surface area (Å²) >= 11 is 3.28. The van der Waals surface area contributed by atoms with Crippen LogP contribution in [-0.4, -0.2) is 22.4 Å². The van der Waals surface area contributed by atoms with Crippen LogP contribution in [0.1, 0.15) is 16.1 Å². The number of hydrogen-bond donors (Lipinski definition) is 2. The van der Waals surface area contributed by atoms with Gasteiger partial charge in [0.25, 0.3) is 5.91 Å². The van der Waals surface area contributed by atoms with Crippen LogP contribution in [-0.2, 0) is 0 Å². The molecule has 2 heterocycles. The average Bonchev–Trinajstić information content (AvgIpc) is 2.82. The molecular weight excluding hydrogens is 294 g/mol. The smallest absolute Gasteiger partial charge is 0.267 e.